The smallest absolute Gasteiger partial charge is 0.412 e. The average molecular weight is 262 g/mol. The number of benzene rings is 1. The van der Waals surface area contributed by atoms with Crippen LogP contribution in [-0.2, 0) is 11.2 Å². The van der Waals surface area contributed by atoms with Crippen LogP contribution in [0.2, 0.25) is 0 Å². The predicted molar refractivity (Wildman–Crippen MR) is 72.2 cm³/mol. The lowest BCUT2D eigenvalue weighted by molar-refractivity contribution is 0.0636. The molecule has 0 radical (unpaired) electrons. The van der Waals surface area contributed by atoms with Crippen LogP contribution in [0.5, 0.6) is 5.75 Å². The Bertz CT molecular complexity index is 498. The number of ether oxygens (including phenoxy) is 2. The van der Waals surface area contributed by atoms with Gasteiger partial charge in [-0.05, 0) is 26.8 Å². The predicted octanol–water partition coefficient (Wildman–Crippen LogP) is 3.11. The quantitative estimate of drug-likeness (QED) is 0.908. The molecule has 0 atom stereocenters. The molecule has 0 bridgehead atoms. The van der Waals surface area contributed by atoms with E-state index in [1.54, 1.807) is 39.0 Å². The molecule has 1 aromatic rings. The van der Waals surface area contributed by atoms with E-state index in [4.69, 9.17) is 14.7 Å². The Morgan fingerprint density at radius 1 is 1.42 bits per heavy atom. The zero-order valence-electron chi connectivity index (χ0n) is 11.6. The molecule has 0 aliphatic rings. The van der Waals surface area contributed by atoms with E-state index in [0.717, 1.165) is 5.56 Å². The first-order valence-electron chi connectivity index (χ1n) is 5.89. The zero-order valence-corrected chi connectivity index (χ0v) is 11.6. The first kappa shape index (κ1) is 14.8. The molecular formula is C14H18N2O3. The van der Waals surface area contributed by atoms with Gasteiger partial charge in [0, 0.05) is 17.3 Å². The zero-order chi connectivity index (χ0) is 14.5. The fourth-order valence-corrected chi connectivity index (χ4v) is 1.47. The molecule has 5 nitrogen and oxygen atoms in total. The second-order valence-corrected chi connectivity index (χ2v) is 4.99. The van der Waals surface area contributed by atoms with Gasteiger partial charge in [0.2, 0.25) is 0 Å². The van der Waals surface area contributed by atoms with Crippen molar-refractivity contribution in [3.8, 4) is 11.8 Å². The highest BCUT2D eigenvalue weighted by Gasteiger charge is 2.16. The molecule has 1 rings (SSSR count). The van der Waals surface area contributed by atoms with Crippen LogP contribution in [-0.4, -0.2) is 18.8 Å². The number of amides is 1. The molecular weight excluding hydrogens is 244 g/mol. The molecule has 0 fully saturated rings. The monoisotopic (exact) mass is 262 g/mol. The fraction of sp³-hybridized carbons (Fsp3) is 0.429. The topological polar surface area (TPSA) is 71.3 Å². The summed E-state index contributed by atoms with van der Waals surface area (Å²) in [6.07, 6.45) is -0.266. The SMILES string of the molecule is COc1cc(NC(=O)OC(C)(C)C)ccc1CC#N. The van der Waals surface area contributed by atoms with E-state index in [0.29, 0.717) is 11.4 Å². The van der Waals surface area contributed by atoms with E-state index in [-0.39, 0.29) is 6.42 Å². The summed E-state index contributed by atoms with van der Waals surface area (Å²) in [6.45, 7) is 5.38. The van der Waals surface area contributed by atoms with Crippen LogP contribution in [0.1, 0.15) is 26.3 Å². The number of hydrogen-bond acceptors (Lipinski definition) is 4. The summed E-state index contributed by atoms with van der Waals surface area (Å²) in [5, 5.41) is 11.3. The summed E-state index contributed by atoms with van der Waals surface area (Å²) in [5.74, 6) is 0.565. The molecule has 0 spiro atoms. The Hall–Kier alpha value is -2.22. The number of hydrogen-bond donors (Lipinski definition) is 1. The standard InChI is InChI=1S/C14H18N2O3/c1-14(2,3)19-13(17)16-11-6-5-10(7-8-15)12(9-11)18-4/h5-6,9H,7H2,1-4H3,(H,16,17). The maximum Gasteiger partial charge on any atom is 0.412 e. The Balaban J connectivity index is 2.80. The second kappa shape index (κ2) is 6.10. The van der Waals surface area contributed by atoms with Gasteiger partial charge in [-0.3, -0.25) is 5.32 Å². The first-order valence-corrected chi connectivity index (χ1v) is 5.89. The summed E-state index contributed by atoms with van der Waals surface area (Å²) >= 11 is 0. The molecule has 1 aromatic carbocycles. The normalized spacial score (nSPS) is 10.5. The lowest BCUT2D eigenvalue weighted by Crippen LogP contribution is -2.27. The Morgan fingerprint density at radius 3 is 2.63 bits per heavy atom. The third-order valence-corrected chi connectivity index (χ3v) is 2.20. The lowest BCUT2D eigenvalue weighted by Gasteiger charge is -2.20. The minimum atomic E-state index is -0.547. The molecule has 0 aliphatic heterocycles. The second-order valence-electron chi connectivity index (χ2n) is 4.99. The third kappa shape index (κ3) is 4.88. The van der Waals surface area contributed by atoms with Crippen molar-refractivity contribution in [2.24, 2.45) is 0 Å². The van der Waals surface area contributed by atoms with E-state index in [9.17, 15) is 4.79 Å². The molecule has 0 unspecified atom stereocenters. The summed E-state index contributed by atoms with van der Waals surface area (Å²) in [4.78, 5) is 11.6. The maximum absolute atomic E-state index is 11.6. The first-order chi connectivity index (χ1) is 8.85. The minimum absolute atomic E-state index is 0.260. The molecule has 0 saturated carbocycles. The van der Waals surface area contributed by atoms with Gasteiger partial charge in [0.25, 0.3) is 0 Å². The average Bonchev–Trinajstić information content (AvgIpc) is 2.28. The molecule has 0 aliphatic carbocycles. The van der Waals surface area contributed by atoms with Crippen molar-refractivity contribution in [1.82, 2.24) is 0 Å². The maximum atomic E-state index is 11.6. The highest BCUT2D eigenvalue weighted by Crippen LogP contribution is 2.24. The van der Waals surface area contributed by atoms with Crippen molar-refractivity contribution in [1.29, 1.82) is 5.26 Å². The lowest BCUT2D eigenvalue weighted by atomic mass is 10.1. The Labute approximate surface area is 113 Å². The van der Waals surface area contributed by atoms with Crippen LogP contribution in [0.25, 0.3) is 0 Å². The minimum Gasteiger partial charge on any atom is -0.496 e. The van der Waals surface area contributed by atoms with E-state index in [1.807, 2.05) is 0 Å². The number of nitrogens with one attached hydrogen (secondary N) is 1. The van der Waals surface area contributed by atoms with Crippen molar-refractivity contribution in [3.05, 3.63) is 23.8 Å². The molecule has 102 valence electrons. The van der Waals surface area contributed by atoms with Crippen LogP contribution < -0.4 is 10.1 Å². The van der Waals surface area contributed by atoms with E-state index in [1.165, 1.54) is 7.11 Å². The molecule has 1 amide bonds. The summed E-state index contributed by atoms with van der Waals surface area (Å²) in [7, 11) is 1.52. The van der Waals surface area contributed by atoms with Crippen molar-refractivity contribution < 1.29 is 14.3 Å². The summed E-state index contributed by atoms with van der Waals surface area (Å²) < 4.78 is 10.3. The Morgan fingerprint density at radius 2 is 2.11 bits per heavy atom. The number of rotatable bonds is 3. The molecule has 1 N–H and O–H groups in total. The highest BCUT2D eigenvalue weighted by molar-refractivity contribution is 5.85. The van der Waals surface area contributed by atoms with E-state index < -0.39 is 11.7 Å². The number of methoxy groups -OCH3 is 1. The third-order valence-electron chi connectivity index (χ3n) is 2.20. The van der Waals surface area contributed by atoms with Crippen molar-refractivity contribution in [3.63, 3.8) is 0 Å². The van der Waals surface area contributed by atoms with Gasteiger partial charge in [0.1, 0.15) is 11.4 Å². The van der Waals surface area contributed by atoms with Gasteiger partial charge in [-0.15, -0.1) is 0 Å². The van der Waals surface area contributed by atoms with Crippen LogP contribution in [0.4, 0.5) is 10.5 Å². The number of carbonyl (C=O) groups excluding carboxylic acids is 1. The highest BCUT2D eigenvalue weighted by atomic mass is 16.6. The van der Waals surface area contributed by atoms with Gasteiger partial charge in [0.15, 0.2) is 0 Å². The van der Waals surface area contributed by atoms with E-state index in [2.05, 4.69) is 11.4 Å². The van der Waals surface area contributed by atoms with Crippen LogP contribution in [0, 0.1) is 11.3 Å². The largest absolute Gasteiger partial charge is 0.496 e. The molecule has 0 saturated heterocycles. The molecule has 0 heterocycles. The van der Waals surface area contributed by atoms with Crippen molar-refractivity contribution >= 4 is 11.8 Å². The number of nitrogens with zero attached hydrogens (tertiary/aromatic N) is 1. The van der Waals surface area contributed by atoms with Crippen LogP contribution in [0.15, 0.2) is 18.2 Å². The van der Waals surface area contributed by atoms with Crippen LogP contribution >= 0.6 is 0 Å². The molecule has 0 aromatic heterocycles. The van der Waals surface area contributed by atoms with Gasteiger partial charge >= 0.3 is 6.09 Å². The number of anilines is 1. The van der Waals surface area contributed by atoms with Crippen molar-refractivity contribution in [2.45, 2.75) is 32.8 Å². The summed E-state index contributed by atoms with van der Waals surface area (Å²) in [6, 6.07) is 7.17. The number of carbonyl (C=O) groups is 1. The van der Waals surface area contributed by atoms with Gasteiger partial charge in [0.05, 0.1) is 19.6 Å². The fourth-order valence-electron chi connectivity index (χ4n) is 1.47. The number of nitriles is 1. The Kier molecular flexibility index (Phi) is 4.76. The van der Waals surface area contributed by atoms with E-state index >= 15 is 0 Å². The van der Waals surface area contributed by atoms with Gasteiger partial charge in [-0.2, -0.15) is 5.26 Å². The molecule has 5 heteroatoms. The summed E-state index contributed by atoms with van der Waals surface area (Å²) in [5.41, 5.74) is 0.794. The van der Waals surface area contributed by atoms with Gasteiger partial charge in [-0.1, -0.05) is 6.07 Å². The molecule has 19 heavy (non-hydrogen) atoms. The van der Waals surface area contributed by atoms with Crippen molar-refractivity contribution in [2.75, 3.05) is 12.4 Å². The van der Waals surface area contributed by atoms with Gasteiger partial charge in [-0.25, -0.2) is 4.79 Å². The van der Waals surface area contributed by atoms with Gasteiger partial charge < -0.3 is 9.47 Å². The van der Waals surface area contributed by atoms with Crippen LogP contribution in [0.3, 0.4) is 0 Å².